The average Bonchev–Trinajstić information content (AvgIpc) is 3.09. The predicted octanol–water partition coefficient (Wildman–Crippen LogP) is 1.66. The van der Waals surface area contributed by atoms with Gasteiger partial charge in [-0.05, 0) is 31.9 Å². The lowest BCUT2D eigenvalue weighted by molar-refractivity contribution is -0.120. The zero-order chi connectivity index (χ0) is 18.1. The number of hydrogen-bond donors (Lipinski definition) is 2. The number of fused-ring (bicyclic) bond motifs is 1. The Labute approximate surface area is 150 Å². The van der Waals surface area contributed by atoms with E-state index in [-0.39, 0.29) is 24.2 Å². The highest BCUT2D eigenvalue weighted by atomic mass is 16.7. The summed E-state index contributed by atoms with van der Waals surface area (Å²) in [6, 6.07) is 6.84. The molecule has 136 valence electrons. The second-order valence-electron chi connectivity index (χ2n) is 6.53. The lowest BCUT2D eigenvalue weighted by Crippen LogP contribution is -2.39. The Bertz CT molecular complexity index is 887. The van der Waals surface area contributed by atoms with Crippen molar-refractivity contribution in [2.45, 2.75) is 19.8 Å². The number of aromatic amines is 1. The van der Waals surface area contributed by atoms with Crippen molar-refractivity contribution in [2.75, 3.05) is 30.1 Å². The van der Waals surface area contributed by atoms with E-state index in [2.05, 4.69) is 15.3 Å². The van der Waals surface area contributed by atoms with Gasteiger partial charge in [0.05, 0.1) is 0 Å². The molecule has 26 heavy (non-hydrogen) atoms. The maximum absolute atomic E-state index is 12.5. The predicted molar refractivity (Wildman–Crippen MR) is 95.7 cm³/mol. The van der Waals surface area contributed by atoms with Crippen molar-refractivity contribution in [1.29, 1.82) is 0 Å². The highest BCUT2D eigenvalue weighted by molar-refractivity contribution is 5.93. The monoisotopic (exact) mass is 356 g/mol. The lowest BCUT2D eigenvalue weighted by atomic mass is 9.96. The fourth-order valence-electron chi connectivity index (χ4n) is 3.29. The Morgan fingerprint density at radius 2 is 2.00 bits per heavy atom. The molecule has 3 heterocycles. The van der Waals surface area contributed by atoms with Crippen LogP contribution >= 0.6 is 0 Å². The van der Waals surface area contributed by atoms with Gasteiger partial charge >= 0.3 is 0 Å². The van der Waals surface area contributed by atoms with Gasteiger partial charge < -0.3 is 19.7 Å². The number of amides is 1. The maximum atomic E-state index is 12.5. The molecule has 8 heteroatoms. The quantitative estimate of drug-likeness (QED) is 0.868. The Morgan fingerprint density at radius 1 is 1.23 bits per heavy atom. The summed E-state index contributed by atoms with van der Waals surface area (Å²) in [6.07, 6.45) is 1.40. The van der Waals surface area contributed by atoms with Gasteiger partial charge in [-0.3, -0.25) is 14.6 Å². The van der Waals surface area contributed by atoms with Gasteiger partial charge in [0.2, 0.25) is 18.6 Å². The summed E-state index contributed by atoms with van der Waals surface area (Å²) in [5, 5.41) is 2.95. The topological polar surface area (TPSA) is 96.6 Å². The number of benzene rings is 1. The van der Waals surface area contributed by atoms with E-state index in [0.717, 1.165) is 0 Å². The van der Waals surface area contributed by atoms with Crippen molar-refractivity contribution >= 4 is 17.5 Å². The largest absolute Gasteiger partial charge is 0.454 e. The molecule has 0 spiro atoms. The molecule has 4 rings (SSSR count). The maximum Gasteiger partial charge on any atom is 0.252 e. The number of ether oxygens (including phenoxy) is 2. The van der Waals surface area contributed by atoms with Crippen LogP contribution in [0.5, 0.6) is 11.5 Å². The molecular formula is C18H20N4O4. The van der Waals surface area contributed by atoms with Crippen LogP contribution in [0.1, 0.15) is 18.5 Å². The fraction of sp³-hybridized carbons (Fsp3) is 0.389. The third kappa shape index (κ3) is 3.35. The minimum Gasteiger partial charge on any atom is -0.454 e. The molecular weight excluding hydrogens is 336 g/mol. The first-order chi connectivity index (χ1) is 12.6. The molecule has 8 nitrogen and oxygen atoms in total. The molecule has 0 aliphatic carbocycles. The van der Waals surface area contributed by atoms with Gasteiger partial charge in [-0.2, -0.15) is 0 Å². The highest BCUT2D eigenvalue weighted by Gasteiger charge is 2.26. The third-order valence-corrected chi connectivity index (χ3v) is 4.66. The highest BCUT2D eigenvalue weighted by Crippen LogP contribution is 2.34. The summed E-state index contributed by atoms with van der Waals surface area (Å²) < 4.78 is 10.6. The molecule has 1 fully saturated rings. The molecule has 2 aliphatic heterocycles. The van der Waals surface area contributed by atoms with E-state index in [0.29, 0.717) is 54.8 Å². The third-order valence-electron chi connectivity index (χ3n) is 4.66. The number of nitrogens with zero attached hydrogens (tertiary/aromatic N) is 2. The summed E-state index contributed by atoms with van der Waals surface area (Å²) in [7, 11) is 0. The van der Waals surface area contributed by atoms with E-state index < -0.39 is 0 Å². The molecule has 1 amide bonds. The molecule has 2 aliphatic rings. The smallest absolute Gasteiger partial charge is 0.252 e. The fourth-order valence-corrected chi connectivity index (χ4v) is 3.29. The van der Waals surface area contributed by atoms with Crippen LogP contribution in [0.3, 0.4) is 0 Å². The summed E-state index contributed by atoms with van der Waals surface area (Å²) in [5.74, 6) is 1.83. The van der Waals surface area contributed by atoms with E-state index >= 15 is 0 Å². The Kier molecular flexibility index (Phi) is 4.24. The van der Waals surface area contributed by atoms with Gasteiger partial charge in [-0.25, -0.2) is 4.98 Å². The summed E-state index contributed by atoms with van der Waals surface area (Å²) in [5.41, 5.74) is 1.23. The number of aryl methyl sites for hydroxylation is 1. The van der Waals surface area contributed by atoms with Gasteiger partial charge in [0.25, 0.3) is 5.56 Å². The normalized spacial score (nSPS) is 16.6. The molecule has 0 atom stereocenters. The van der Waals surface area contributed by atoms with E-state index in [9.17, 15) is 9.59 Å². The second-order valence-corrected chi connectivity index (χ2v) is 6.53. The van der Waals surface area contributed by atoms with E-state index in [1.54, 1.807) is 19.1 Å². The molecule has 0 saturated carbocycles. The molecule has 2 aromatic rings. The summed E-state index contributed by atoms with van der Waals surface area (Å²) in [6.45, 7) is 3.35. The number of rotatable bonds is 3. The average molecular weight is 356 g/mol. The molecule has 2 N–H and O–H groups in total. The SMILES string of the molecule is Cc1cc(=O)[nH]c(N2CCC(C(=O)Nc3ccc4c(c3)OCO4)CC2)n1. The number of anilines is 2. The van der Waals surface area contributed by atoms with Gasteiger partial charge in [-0.15, -0.1) is 0 Å². The Hall–Kier alpha value is -3.03. The molecule has 0 bridgehead atoms. The summed E-state index contributed by atoms with van der Waals surface area (Å²) in [4.78, 5) is 33.3. The number of hydrogen-bond acceptors (Lipinski definition) is 6. The van der Waals surface area contributed by atoms with Crippen LogP contribution in [0.15, 0.2) is 29.1 Å². The van der Waals surface area contributed by atoms with Crippen molar-refractivity contribution in [1.82, 2.24) is 9.97 Å². The first-order valence-corrected chi connectivity index (χ1v) is 8.62. The number of piperidine rings is 1. The van der Waals surface area contributed by atoms with Gasteiger partial charge in [0.1, 0.15) is 0 Å². The lowest BCUT2D eigenvalue weighted by Gasteiger charge is -2.31. The number of aromatic nitrogens is 2. The minimum absolute atomic E-state index is 0.00536. The standard InChI is InChI=1S/C18H20N4O4/c1-11-8-16(23)21-18(19-11)22-6-4-12(5-7-22)17(24)20-13-2-3-14-15(9-13)26-10-25-14/h2-3,8-9,12H,4-7,10H2,1H3,(H,20,24)(H,19,21,23). The van der Waals surface area contributed by atoms with Crippen LogP contribution in [0.25, 0.3) is 0 Å². The number of nitrogens with one attached hydrogen (secondary N) is 2. The van der Waals surface area contributed by atoms with Crippen molar-refractivity contribution in [2.24, 2.45) is 5.92 Å². The molecule has 1 aromatic carbocycles. The van der Waals surface area contributed by atoms with Crippen LogP contribution in [-0.4, -0.2) is 35.8 Å². The molecule has 1 saturated heterocycles. The first-order valence-electron chi connectivity index (χ1n) is 8.62. The molecule has 0 unspecified atom stereocenters. The van der Waals surface area contributed by atoms with Gasteiger partial charge in [0.15, 0.2) is 11.5 Å². The number of carbonyl (C=O) groups is 1. The first kappa shape index (κ1) is 16.4. The molecule has 0 radical (unpaired) electrons. The summed E-state index contributed by atoms with van der Waals surface area (Å²) >= 11 is 0. The van der Waals surface area contributed by atoms with E-state index in [1.807, 2.05) is 11.0 Å². The van der Waals surface area contributed by atoms with Crippen molar-refractivity contribution in [3.63, 3.8) is 0 Å². The number of carbonyl (C=O) groups excluding carboxylic acids is 1. The van der Waals surface area contributed by atoms with Crippen LogP contribution in [0.4, 0.5) is 11.6 Å². The number of H-pyrrole nitrogens is 1. The second kappa shape index (κ2) is 6.70. The van der Waals surface area contributed by atoms with Crippen molar-refractivity contribution in [3.8, 4) is 11.5 Å². The van der Waals surface area contributed by atoms with Crippen LogP contribution in [0, 0.1) is 12.8 Å². The van der Waals surface area contributed by atoms with E-state index in [1.165, 1.54) is 6.07 Å². The van der Waals surface area contributed by atoms with Crippen LogP contribution < -0.4 is 25.2 Å². The zero-order valence-corrected chi connectivity index (χ0v) is 14.4. The van der Waals surface area contributed by atoms with Crippen molar-refractivity contribution < 1.29 is 14.3 Å². The minimum atomic E-state index is -0.157. The zero-order valence-electron chi connectivity index (χ0n) is 14.4. The van der Waals surface area contributed by atoms with Crippen molar-refractivity contribution in [3.05, 3.63) is 40.3 Å². The van der Waals surface area contributed by atoms with Crippen LogP contribution in [-0.2, 0) is 4.79 Å². The Balaban J connectivity index is 1.37. The van der Waals surface area contributed by atoms with Crippen LogP contribution in [0.2, 0.25) is 0 Å². The van der Waals surface area contributed by atoms with Gasteiger partial charge in [0, 0.05) is 42.5 Å². The molecule has 1 aromatic heterocycles. The van der Waals surface area contributed by atoms with Gasteiger partial charge in [-0.1, -0.05) is 0 Å². The Morgan fingerprint density at radius 3 is 2.77 bits per heavy atom. The van der Waals surface area contributed by atoms with E-state index in [4.69, 9.17) is 9.47 Å².